The quantitative estimate of drug-likeness (QED) is 0.219. The van der Waals surface area contributed by atoms with Gasteiger partial charge >= 0.3 is 0 Å². The van der Waals surface area contributed by atoms with Gasteiger partial charge in [0.2, 0.25) is 0 Å². The molecule has 0 saturated heterocycles. The molecule has 214 valence electrons. The number of carbonyl (C=O) groups excluding carboxylic acids is 3. The average Bonchev–Trinajstić information content (AvgIpc) is 3.19. The maximum absolute atomic E-state index is 13.4. The number of hydrogen-bond donors (Lipinski definition) is 2. The van der Waals surface area contributed by atoms with Crippen molar-refractivity contribution in [2.45, 2.75) is 25.2 Å². The topological polar surface area (TPSA) is 106 Å². The minimum Gasteiger partial charge on any atom is -0.497 e. The summed E-state index contributed by atoms with van der Waals surface area (Å²) in [7, 11) is 4.61. The number of amides is 3. The summed E-state index contributed by atoms with van der Waals surface area (Å²) in [6, 6.07) is 17.8. The van der Waals surface area contributed by atoms with Crippen LogP contribution in [-0.4, -0.2) is 57.1 Å². The Balaban J connectivity index is 1.54. The molecule has 0 spiro atoms. The van der Waals surface area contributed by atoms with E-state index in [4.69, 9.17) is 14.2 Å². The summed E-state index contributed by atoms with van der Waals surface area (Å²) < 4.78 is 15.6. The van der Waals surface area contributed by atoms with Crippen LogP contribution in [0.3, 0.4) is 0 Å². The van der Waals surface area contributed by atoms with Gasteiger partial charge in [-0.15, -0.1) is 0 Å². The number of nitrogens with zero attached hydrogens (tertiary/aromatic N) is 1. The van der Waals surface area contributed by atoms with Gasteiger partial charge in [-0.05, 0) is 79.9 Å². The Labute approximate surface area is 243 Å². The van der Waals surface area contributed by atoms with Gasteiger partial charge in [-0.25, -0.2) is 0 Å². The SMILES string of the molecule is COCCCN1C(=O)C(Nc2ccc(C)c(C)c2)=C(Sc2ccc(NC(=O)c3ccc(OC)cc3OC)cc2)C1=O. The lowest BCUT2D eigenvalue weighted by Gasteiger charge is -2.15. The molecule has 10 heteroatoms. The highest BCUT2D eigenvalue weighted by Crippen LogP contribution is 2.36. The highest BCUT2D eigenvalue weighted by atomic mass is 32.2. The maximum atomic E-state index is 13.4. The van der Waals surface area contributed by atoms with Crippen molar-refractivity contribution in [2.24, 2.45) is 0 Å². The molecule has 0 aliphatic carbocycles. The van der Waals surface area contributed by atoms with Crippen LogP contribution in [0.5, 0.6) is 11.5 Å². The predicted molar refractivity (Wildman–Crippen MR) is 160 cm³/mol. The van der Waals surface area contributed by atoms with Crippen LogP contribution >= 0.6 is 11.8 Å². The number of aryl methyl sites for hydroxylation is 2. The summed E-state index contributed by atoms with van der Waals surface area (Å²) in [5, 5.41) is 6.05. The molecule has 0 fully saturated rings. The van der Waals surface area contributed by atoms with Crippen LogP contribution in [0, 0.1) is 13.8 Å². The van der Waals surface area contributed by atoms with Gasteiger partial charge in [0.1, 0.15) is 22.1 Å². The molecule has 9 nitrogen and oxygen atoms in total. The maximum Gasteiger partial charge on any atom is 0.278 e. The Kier molecular flexibility index (Phi) is 9.69. The normalized spacial score (nSPS) is 13.0. The van der Waals surface area contributed by atoms with Gasteiger partial charge in [0.25, 0.3) is 17.7 Å². The Hall–Kier alpha value is -4.28. The molecule has 41 heavy (non-hydrogen) atoms. The zero-order valence-electron chi connectivity index (χ0n) is 23.7. The second-order valence-corrected chi connectivity index (χ2v) is 10.5. The third-order valence-corrected chi connectivity index (χ3v) is 7.71. The third-order valence-electron chi connectivity index (χ3n) is 6.62. The molecule has 0 unspecified atom stereocenters. The number of benzene rings is 3. The Morgan fingerprint density at radius 1 is 0.854 bits per heavy atom. The standard InChI is InChI=1S/C31H33N3O6S/c1-19-7-8-22(17-20(19)2)32-27-28(31(37)34(30(27)36)15-6-16-38-3)41-24-12-9-21(10-13-24)33-29(35)25-14-11-23(39-4)18-26(25)40-5/h7-14,17-18,32H,6,15-16H2,1-5H3,(H,33,35). The van der Waals surface area contributed by atoms with E-state index in [0.717, 1.165) is 21.7 Å². The molecule has 1 heterocycles. The zero-order valence-corrected chi connectivity index (χ0v) is 24.5. The van der Waals surface area contributed by atoms with E-state index in [9.17, 15) is 14.4 Å². The van der Waals surface area contributed by atoms with E-state index in [1.54, 1.807) is 56.7 Å². The number of nitrogens with one attached hydrogen (secondary N) is 2. The number of anilines is 2. The van der Waals surface area contributed by atoms with E-state index < -0.39 is 0 Å². The predicted octanol–water partition coefficient (Wildman–Crippen LogP) is 5.39. The van der Waals surface area contributed by atoms with Gasteiger partial charge < -0.3 is 24.8 Å². The molecule has 0 saturated carbocycles. The van der Waals surface area contributed by atoms with Crippen LogP contribution in [0.25, 0.3) is 0 Å². The fraction of sp³-hybridized carbons (Fsp3) is 0.258. The Bertz CT molecular complexity index is 1490. The van der Waals surface area contributed by atoms with Crippen LogP contribution in [0.2, 0.25) is 0 Å². The first-order valence-corrected chi connectivity index (χ1v) is 13.8. The molecule has 4 rings (SSSR count). The van der Waals surface area contributed by atoms with Crippen molar-refractivity contribution < 1.29 is 28.6 Å². The highest BCUT2D eigenvalue weighted by molar-refractivity contribution is 8.04. The number of ether oxygens (including phenoxy) is 3. The minimum absolute atomic E-state index is 0.240. The summed E-state index contributed by atoms with van der Waals surface area (Å²) in [6.45, 7) is 4.71. The van der Waals surface area contributed by atoms with E-state index in [1.165, 1.54) is 23.8 Å². The number of rotatable bonds is 12. The summed E-state index contributed by atoms with van der Waals surface area (Å²) in [6.07, 6.45) is 0.538. The monoisotopic (exact) mass is 575 g/mol. The molecule has 0 aromatic heterocycles. The van der Waals surface area contributed by atoms with Gasteiger partial charge in [0.15, 0.2) is 0 Å². The summed E-state index contributed by atoms with van der Waals surface area (Å²) in [5.74, 6) is -0.0896. The zero-order chi connectivity index (χ0) is 29.5. The first kappa shape index (κ1) is 29.7. The molecule has 2 N–H and O–H groups in total. The molecule has 3 aromatic rings. The van der Waals surface area contributed by atoms with Gasteiger partial charge in [-0.3, -0.25) is 19.3 Å². The van der Waals surface area contributed by atoms with E-state index in [1.807, 2.05) is 32.0 Å². The molecule has 0 bridgehead atoms. The molecule has 0 radical (unpaired) electrons. The van der Waals surface area contributed by atoms with Crippen molar-refractivity contribution >= 4 is 40.9 Å². The lowest BCUT2D eigenvalue weighted by Crippen LogP contribution is -2.33. The van der Waals surface area contributed by atoms with Crippen molar-refractivity contribution in [3.8, 4) is 11.5 Å². The van der Waals surface area contributed by atoms with Gasteiger partial charge in [-0.2, -0.15) is 0 Å². The van der Waals surface area contributed by atoms with Gasteiger partial charge in [0.05, 0.1) is 19.8 Å². The third kappa shape index (κ3) is 6.90. The van der Waals surface area contributed by atoms with E-state index in [-0.39, 0.29) is 30.0 Å². The number of carbonyl (C=O) groups is 3. The first-order chi connectivity index (χ1) is 19.7. The minimum atomic E-state index is -0.371. The number of thioether (sulfide) groups is 1. The summed E-state index contributed by atoms with van der Waals surface area (Å²) >= 11 is 1.20. The molecular formula is C31H33N3O6S. The highest BCUT2D eigenvalue weighted by Gasteiger charge is 2.38. The summed E-state index contributed by atoms with van der Waals surface area (Å²) in [4.78, 5) is 41.9. The Morgan fingerprint density at radius 3 is 2.24 bits per heavy atom. The fourth-order valence-electron chi connectivity index (χ4n) is 4.20. The van der Waals surface area contributed by atoms with Crippen molar-refractivity contribution in [3.05, 3.63) is 88.0 Å². The lowest BCUT2D eigenvalue weighted by molar-refractivity contribution is -0.137. The van der Waals surface area contributed by atoms with E-state index >= 15 is 0 Å². The molecule has 1 aliphatic heterocycles. The molecule has 1 aliphatic rings. The van der Waals surface area contributed by atoms with E-state index in [0.29, 0.717) is 40.7 Å². The largest absolute Gasteiger partial charge is 0.497 e. The van der Waals surface area contributed by atoms with Crippen LogP contribution in [0.15, 0.2) is 76.2 Å². The van der Waals surface area contributed by atoms with Crippen LogP contribution in [0.1, 0.15) is 27.9 Å². The van der Waals surface area contributed by atoms with Gasteiger partial charge in [0, 0.05) is 42.6 Å². The van der Waals surface area contributed by atoms with Crippen molar-refractivity contribution in [1.29, 1.82) is 0 Å². The van der Waals surface area contributed by atoms with Crippen LogP contribution in [0.4, 0.5) is 11.4 Å². The van der Waals surface area contributed by atoms with Gasteiger partial charge in [-0.1, -0.05) is 17.8 Å². The first-order valence-electron chi connectivity index (χ1n) is 13.0. The average molecular weight is 576 g/mol. The molecule has 0 atom stereocenters. The van der Waals surface area contributed by atoms with Crippen LogP contribution < -0.4 is 20.1 Å². The molecule has 3 aromatic carbocycles. The number of methoxy groups -OCH3 is 3. The van der Waals surface area contributed by atoms with E-state index in [2.05, 4.69) is 10.6 Å². The second kappa shape index (κ2) is 13.4. The van der Waals surface area contributed by atoms with Crippen molar-refractivity contribution in [1.82, 2.24) is 4.90 Å². The lowest BCUT2D eigenvalue weighted by atomic mass is 10.1. The van der Waals surface area contributed by atoms with Crippen molar-refractivity contribution in [2.75, 3.05) is 45.1 Å². The number of hydrogen-bond acceptors (Lipinski definition) is 8. The second-order valence-electron chi connectivity index (χ2n) is 9.38. The van der Waals surface area contributed by atoms with Crippen LogP contribution in [-0.2, 0) is 14.3 Å². The fourth-order valence-corrected chi connectivity index (χ4v) is 5.15. The Morgan fingerprint density at radius 2 is 1.59 bits per heavy atom. The van der Waals surface area contributed by atoms with Crippen molar-refractivity contribution in [3.63, 3.8) is 0 Å². The molecule has 3 amide bonds. The smallest absolute Gasteiger partial charge is 0.278 e. The number of imide groups is 1. The summed E-state index contributed by atoms with van der Waals surface area (Å²) in [5.41, 5.74) is 4.10. The molecular weight excluding hydrogens is 542 g/mol.